The van der Waals surface area contributed by atoms with Crippen LogP contribution in [0, 0.1) is 0 Å². The Morgan fingerprint density at radius 2 is 2.04 bits per heavy atom. The highest BCUT2D eigenvalue weighted by Crippen LogP contribution is 2.22. The van der Waals surface area contributed by atoms with E-state index in [0.29, 0.717) is 32.5 Å². The van der Waals surface area contributed by atoms with Crippen LogP contribution < -0.4 is 5.32 Å². The van der Waals surface area contributed by atoms with Crippen molar-refractivity contribution in [3.8, 4) is 0 Å². The van der Waals surface area contributed by atoms with Crippen molar-refractivity contribution in [2.75, 3.05) is 37.2 Å². The molecule has 1 aromatic heterocycles. The number of carbonyl (C=O) groups excluding carboxylic acids is 1. The number of nitrogens with one attached hydrogen (secondary N) is 1. The summed E-state index contributed by atoms with van der Waals surface area (Å²) in [6.45, 7) is 4.46. The molecule has 0 saturated carbocycles. The van der Waals surface area contributed by atoms with Crippen LogP contribution in [0.15, 0.2) is 12.3 Å². The molecule has 0 aliphatic carbocycles. The van der Waals surface area contributed by atoms with Crippen LogP contribution in [0.25, 0.3) is 0 Å². The molecule has 3 heterocycles. The zero-order valence-electron chi connectivity index (χ0n) is 17.0. The summed E-state index contributed by atoms with van der Waals surface area (Å²) in [5, 5.41) is 3.10. The van der Waals surface area contributed by atoms with Crippen LogP contribution in [0.4, 0.5) is 5.82 Å². The van der Waals surface area contributed by atoms with Gasteiger partial charge in [0.05, 0.1) is 17.5 Å². The molecule has 156 valence electrons. The summed E-state index contributed by atoms with van der Waals surface area (Å²) < 4.78 is 25.2. The minimum Gasteiger partial charge on any atom is -0.370 e. The van der Waals surface area contributed by atoms with Crippen molar-refractivity contribution in [2.24, 2.45) is 0 Å². The minimum absolute atomic E-state index is 0.145. The minimum atomic E-state index is -3.02. The van der Waals surface area contributed by atoms with Crippen molar-refractivity contribution in [3.05, 3.63) is 23.4 Å². The lowest BCUT2D eigenvalue weighted by Gasteiger charge is -2.30. The number of anilines is 1. The van der Waals surface area contributed by atoms with E-state index in [4.69, 9.17) is 0 Å². The van der Waals surface area contributed by atoms with Gasteiger partial charge < -0.3 is 5.32 Å². The van der Waals surface area contributed by atoms with Crippen LogP contribution in [-0.2, 0) is 27.5 Å². The number of aryl methyl sites for hydroxylation is 2. The second kappa shape index (κ2) is 9.83. The molecule has 1 fully saturated rings. The molecule has 0 bridgehead atoms. The van der Waals surface area contributed by atoms with Crippen LogP contribution in [0.5, 0.6) is 0 Å². The van der Waals surface area contributed by atoms with Crippen LogP contribution in [0.1, 0.15) is 56.6 Å². The molecule has 6 nitrogen and oxygen atoms in total. The Labute approximate surface area is 169 Å². The molecular formula is C21H33N3O3S. The quantitative estimate of drug-likeness (QED) is 0.634. The molecular weight excluding hydrogens is 374 g/mol. The highest BCUT2D eigenvalue weighted by atomic mass is 32.2. The van der Waals surface area contributed by atoms with Gasteiger partial charge in [0.2, 0.25) is 0 Å². The highest BCUT2D eigenvalue weighted by Gasteiger charge is 2.29. The number of carbonyl (C=O) groups is 1. The summed E-state index contributed by atoms with van der Waals surface area (Å²) in [5.41, 5.74) is 2.56. The van der Waals surface area contributed by atoms with E-state index in [2.05, 4.69) is 21.3 Å². The van der Waals surface area contributed by atoms with Gasteiger partial charge in [-0.15, -0.1) is 0 Å². The number of sulfone groups is 1. The fourth-order valence-corrected chi connectivity index (χ4v) is 6.12. The third-order valence-electron chi connectivity index (χ3n) is 5.82. The second-order valence-corrected chi connectivity index (χ2v) is 10.6. The van der Waals surface area contributed by atoms with Gasteiger partial charge >= 0.3 is 0 Å². The van der Waals surface area contributed by atoms with Crippen molar-refractivity contribution in [2.45, 2.75) is 63.5 Å². The first-order valence-electron chi connectivity index (χ1n) is 10.6. The lowest BCUT2D eigenvalue weighted by atomic mass is 10.0. The van der Waals surface area contributed by atoms with E-state index in [0.717, 1.165) is 50.9 Å². The molecule has 7 heteroatoms. The van der Waals surface area contributed by atoms with Crippen molar-refractivity contribution in [1.29, 1.82) is 0 Å². The van der Waals surface area contributed by atoms with E-state index in [1.807, 2.05) is 6.20 Å². The Bertz CT molecular complexity index is 771. The summed E-state index contributed by atoms with van der Waals surface area (Å²) in [4.78, 5) is 17.8. The van der Waals surface area contributed by atoms with Crippen molar-refractivity contribution in [1.82, 2.24) is 9.88 Å². The summed E-state index contributed by atoms with van der Waals surface area (Å²) in [6.07, 6.45) is 9.13. The van der Waals surface area contributed by atoms with Gasteiger partial charge in [-0.1, -0.05) is 12.5 Å². The molecule has 0 amide bonds. The molecule has 0 atom stereocenters. The molecule has 28 heavy (non-hydrogen) atoms. The number of unbranched alkanes of at least 4 members (excludes halogenated alkanes) is 2. The third-order valence-corrected chi connectivity index (χ3v) is 8.17. The average Bonchev–Trinajstić information content (AvgIpc) is 2.67. The maximum absolute atomic E-state index is 12.6. The van der Waals surface area contributed by atoms with Crippen LogP contribution in [0.3, 0.4) is 0 Å². The van der Waals surface area contributed by atoms with E-state index in [1.165, 1.54) is 11.1 Å². The van der Waals surface area contributed by atoms with Gasteiger partial charge in [-0.2, -0.15) is 0 Å². The third kappa shape index (κ3) is 6.01. The van der Waals surface area contributed by atoms with E-state index in [-0.39, 0.29) is 16.8 Å². The molecule has 0 unspecified atom stereocenters. The summed E-state index contributed by atoms with van der Waals surface area (Å²) >= 11 is 0. The Morgan fingerprint density at radius 1 is 1.25 bits per heavy atom. The summed E-state index contributed by atoms with van der Waals surface area (Å²) in [5.74, 6) is 1.46. The van der Waals surface area contributed by atoms with Gasteiger partial charge in [-0.05, 0) is 76.1 Å². The fraction of sp³-hybridized carbons (Fsp3) is 0.714. The molecule has 1 N–H and O–H groups in total. The summed E-state index contributed by atoms with van der Waals surface area (Å²) in [7, 11) is -3.02. The number of ketones is 1. The number of piperidine rings is 1. The zero-order chi connectivity index (χ0) is 20.0. The Hall–Kier alpha value is -1.47. The number of nitrogens with zero attached hydrogens (tertiary/aromatic N) is 2. The number of hydrogen-bond acceptors (Lipinski definition) is 6. The van der Waals surface area contributed by atoms with Gasteiger partial charge in [-0.25, -0.2) is 13.4 Å². The van der Waals surface area contributed by atoms with E-state index >= 15 is 0 Å². The monoisotopic (exact) mass is 407 g/mol. The number of fused-ring (bicyclic) bond motifs is 1. The molecule has 0 aromatic carbocycles. The SMILES string of the molecule is CC(=O)CN1CCC(S(=O)(=O)CCCCCc2cnc3c(c2)CCCN3)CC1. The van der Waals surface area contributed by atoms with Crippen molar-refractivity contribution >= 4 is 21.4 Å². The van der Waals surface area contributed by atoms with Crippen molar-refractivity contribution in [3.63, 3.8) is 0 Å². The number of Topliss-reactive ketones (excluding diaryl/α,β-unsaturated/α-hetero) is 1. The highest BCUT2D eigenvalue weighted by molar-refractivity contribution is 7.92. The lowest BCUT2D eigenvalue weighted by molar-refractivity contribution is -0.118. The zero-order valence-corrected chi connectivity index (χ0v) is 17.8. The van der Waals surface area contributed by atoms with Crippen molar-refractivity contribution < 1.29 is 13.2 Å². The van der Waals surface area contributed by atoms with E-state index in [9.17, 15) is 13.2 Å². The average molecular weight is 408 g/mol. The first kappa shape index (κ1) is 21.2. The number of hydrogen-bond donors (Lipinski definition) is 1. The van der Waals surface area contributed by atoms with Crippen LogP contribution >= 0.6 is 0 Å². The number of pyridine rings is 1. The Balaban J connectivity index is 1.36. The normalized spacial score (nSPS) is 18.5. The second-order valence-electron chi connectivity index (χ2n) is 8.24. The molecule has 1 saturated heterocycles. The van der Waals surface area contributed by atoms with E-state index < -0.39 is 9.84 Å². The number of rotatable bonds is 9. The lowest BCUT2D eigenvalue weighted by Crippen LogP contribution is -2.41. The summed E-state index contributed by atoms with van der Waals surface area (Å²) in [6, 6.07) is 2.25. The maximum Gasteiger partial charge on any atom is 0.153 e. The maximum atomic E-state index is 12.6. The largest absolute Gasteiger partial charge is 0.370 e. The molecule has 0 spiro atoms. The van der Waals surface area contributed by atoms with Gasteiger partial charge in [-0.3, -0.25) is 9.69 Å². The predicted molar refractivity (Wildman–Crippen MR) is 113 cm³/mol. The smallest absolute Gasteiger partial charge is 0.153 e. The Morgan fingerprint density at radius 3 is 2.79 bits per heavy atom. The van der Waals surface area contributed by atoms with Crippen LogP contribution in [-0.4, -0.2) is 61.3 Å². The predicted octanol–water partition coefficient (Wildman–Crippen LogP) is 2.62. The molecule has 3 rings (SSSR count). The number of aromatic nitrogens is 1. The molecule has 1 aromatic rings. The van der Waals surface area contributed by atoms with Gasteiger partial charge in [0.1, 0.15) is 11.6 Å². The number of likely N-dealkylation sites (tertiary alicyclic amines) is 1. The van der Waals surface area contributed by atoms with Gasteiger partial charge in [0.25, 0.3) is 0 Å². The molecule has 2 aliphatic rings. The van der Waals surface area contributed by atoms with E-state index in [1.54, 1.807) is 6.92 Å². The first-order chi connectivity index (χ1) is 13.4. The fourth-order valence-electron chi connectivity index (χ4n) is 4.25. The van der Waals surface area contributed by atoms with Gasteiger partial charge in [0.15, 0.2) is 9.84 Å². The topological polar surface area (TPSA) is 79.4 Å². The molecule has 2 aliphatic heterocycles. The Kier molecular flexibility index (Phi) is 7.46. The first-order valence-corrected chi connectivity index (χ1v) is 12.3. The van der Waals surface area contributed by atoms with Gasteiger partial charge in [0, 0.05) is 12.7 Å². The standard InChI is InChI=1S/C21H33N3O3S/c1-17(25)16-24-11-8-20(9-12-24)28(26,27)13-4-2-3-6-18-14-19-7-5-10-22-21(19)23-15-18/h14-15,20H,2-13,16H2,1H3,(H,22,23). The molecule has 0 radical (unpaired) electrons. The van der Waals surface area contributed by atoms with Crippen LogP contribution in [0.2, 0.25) is 0 Å².